The van der Waals surface area contributed by atoms with Gasteiger partial charge in [0.15, 0.2) is 0 Å². The molecule has 0 spiro atoms. The number of ether oxygens (including phenoxy) is 2. The number of hydrogen-bond donors (Lipinski definition) is 1. The summed E-state index contributed by atoms with van der Waals surface area (Å²) in [5.74, 6) is -2.83. The van der Waals surface area contributed by atoms with E-state index in [0.717, 1.165) is 13.2 Å². The molecule has 0 amide bonds. The van der Waals surface area contributed by atoms with Crippen molar-refractivity contribution in [3.05, 3.63) is 0 Å². The van der Waals surface area contributed by atoms with Crippen molar-refractivity contribution in [2.75, 3.05) is 19.9 Å². The minimum atomic E-state index is -1.61. The van der Waals surface area contributed by atoms with Gasteiger partial charge in [0.1, 0.15) is 13.1 Å². The average Bonchev–Trinajstić information content (AvgIpc) is 2.86. The quantitative estimate of drug-likeness (QED) is 0.337. The minimum absolute atomic E-state index is 0.687. The van der Waals surface area contributed by atoms with Crippen molar-refractivity contribution in [1.29, 1.82) is 0 Å². The predicted molar refractivity (Wildman–Crippen MR) is 52.2 cm³/mol. The highest BCUT2D eigenvalue weighted by Gasteiger charge is 2.24. The van der Waals surface area contributed by atoms with E-state index in [9.17, 15) is 14.2 Å². The molecule has 0 aromatic rings. The molecule has 1 rings (SSSR count). The van der Waals surface area contributed by atoms with Gasteiger partial charge in [0.25, 0.3) is 5.85 Å². The maximum Gasteiger partial charge on any atom is 0.379 e. The zero-order chi connectivity index (χ0) is 11.8. The number of carboxylic acid groups (broad SMARTS) is 1. The van der Waals surface area contributed by atoms with Gasteiger partial charge in [-0.25, -0.2) is 0 Å². The Kier molecular flexibility index (Phi) is 6.83. The number of esters is 1. The molecular formula is C8H14O6P+. The summed E-state index contributed by atoms with van der Waals surface area (Å²) in [4.78, 5) is 20.6. The van der Waals surface area contributed by atoms with Crippen LogP contribution in [-0.4, -0.2) is 42.8 Å². The fourth-order valence-electron chi connectivity index (χ4n) is 0.430. The Morgan fingerprint density at radius 3 is 2.27 bits per heavy atom. The molecule has 2 unspecified atom stereocenters. The molecule has 0 aliphatic carbocycles. The second kappa shape index (κ2) is 7.31. The fourth-order valence-corrected chi connectivity index (χ4v) is 0.696. The van der Waals surface area contributed by atoms with Gasteiger partial charge in [0, 0.05) is 6.92 Å². The normalized spacial score (nSPS) is 15.5. The van der Waals surface area contributed by atoms with Crippen molar-refractivity contribution in [1.82, 2.24) is 0 Å². The van der Waals surface area contributed by atoms with Gasteiger partial charge in [-0.05, 0) is 0 Å². The Labute approximate surface area is 88.3 Å². The topological polar surface area (TPSA) is 93.2 Å². The monoisotopic (exact) mass is 237 g/mol. The van der Waals surface area contributed by atoms with Crippen LogP contribution >= 0.6 is 7.80 Å². The lowest BCUT2D eigenvalue weighted by molar-refractivity contribution is -0.152. The first-order valence-corrected chi connectivity index (χ1v) is 6.10. The van der Waals surface area contributed by atoms with Crippen LogP contribution in [0.5, 0.6) is 0 Å². The largest absolute Gasteiger partial charge is 0.481 e. The van der Waals surface area contributed by atoms with Crippen LogP contribution in [0.2, 0.25) is 0 Å². The first-order chi connectivity index (χ1) is 6.93. The second-order valence-electron chi connectivity index (χ2n) is 2.82. The van der Waals surface area contributed by atoms with Crippen LogP contribution in [0.1, 0.15) is 13.3 Å². The van der Waals surface area contributed by atoms with E-state index in [4.69, 9.17) is 5.11 Å². The van der Waals surface area contributed by atoms with Gasteiger partial charge < -0.3 is 14.6 Å². The van der Waals surface area contributed by atoms with E-state index < -0.39 is 32.0 Å². The van der Waals surface area contributed by atoms with Gasteiger partial charge in [-0.2, -0.15) is 0 Å². The van der Waals surface area contributed by atoms with Gasteiger partial charge in [-0.3, -0.25) is 9.59 Å². The number of carbonyl (C=O) groups is 2. The molecule has 2 atom stereocenters. The molecule has 1 fully saturated rings. The third-order valence-corrected chi connectivity index (χ3v) is 2.44. The lowest BCUT2D eigenvalue weighted by atomic mass is 10.4. The molecule has 1 saturated heterocycles. The smallest absolute Gasteiger partial charge is 0.379 e. The van der Waals surface area contributed by atoms with Crippen LogP contribution in [0.25, 0.3) is 0 Å². The Balaban J connectivity index is 0.000000548. The molecule has 0 aromatic heterocycles. The highest BCUT2D eigenvalue weighted by Crippen LogP contribution is 2.23. The molecule has 0 saturated carbocycles. The third-order valence-electron chi connectivity index (χ3n) is 1.31. The highest BCUT2D eigenvalue weighted by molar-refractivity contribution is 7.44. The fraction of sp³-hybridized carbons (Fsp3) is 0.750. The predicted octanol–water partition coefficient (Wildman–Crippen LogP) is 0.824. The van der Waals surface area contributed by atoms with Crippen LogP contribution in [0.4, 0.5) is 0 Å². The molecule has 1 aliphatic heterocycles. The van der Waals surface area contributed by atoms with Crippen molar-refractivity contribution in [3.8, 4) is 0 Å². The van der Waals surface area contributed by atoms with Crippen molar-refractivity contribution in [2.45, 2.75) is 19.2 Å². The van der Waals surface area contributed by atoms with E-state index in [1.54, 1.807) is 0 Å². The van der Waals surface area contributed by atoms with Gasteiger partial charge in [0.2, 0.25) is 0 Å². The number of epoxide rings is 1. The highest BCUT2D eigenvalue weighted by atomic mass is 31.1. The van der Waals surface area contributed by atoms with E-state index in [2.05, 4.69) is 9.47 Å². The third kappa shape index (κ3) is 10.9. The van der Waals surface area contributed by atoms with Crippen LogP contribution in [0.15, 0.2) is 0 Å². The summed E-state index contributed by atoms with van der Waals surface area (Å²) in [5, 5.41) is 8.16. The summed E-state index contributed by atoms with van der Waals surface area (Å²) in [7, 11) is -1.61. The van der Waals surface area contributed by atoms with E-state index in [1.165, 1.54) is 13.6 Å². The maximum atomic E-state index is 10.7. The number of hydrogen-bond acceptors (Lipinski definition) is 5. The SMILES string of the molecule is C1CO1.CC(OC(=O)CC(=O)O)[P+](C)=O. The second-order valence-corrected chi connectivity index (χ2v) is 4.64. The zero-order valence-electron chi connectivity index (χ0n) is 8.63. The summed E-state index contributed by atoms with van der Waals surface area (Å²) in [6.45, 7) is 4.87. The average molecular weight is 237 g/mol. The van der Waals surface area contributed by atoms with E-state index in [1.807, 2.05) is 0 Å². The van der Waals surface area contributed by atoms with Gasteiger partial charge >= 0.3 is 19.7 Å². The van der Waals surface area contributed by atoms with Crippen LogP contribution in [0.3, 0.4) is 0 Å². The molecule has 1 N–H and O–H groups in total. The maximum absolute atomic E-state index is 10.7. The molecule has 6 nitrogen and oxygen atoms in total. The number of carboxylic acids is 1. The Morgan fingerprint density at radius 2 is 2.00 bits per heavy atom. The first-order valence-electron chi connectivity index (χ1n) is 4.32. The molecule has 0 radical (unpaired) electrons. The van der Waals surface area contributed by atoms with Crippen LogP contribution in [-0.2, 0) is 23.6 Å². The number of carbonyl (C=O) groups excluding carboxylic acids is 1. The lowest BCUT2D eigenvalue weighted by Crippen LogP contribution is -2.14. The van der Waals surface area contributed by atoms with Gasteiger partial charge in [0.05, 0.1) is 13.2 Å². The summed E-state index contributed by atoms with van der Waals surface area (Å²) < 4.78 is 19.7. The zero-order valence-corrected chi connectivity index (χ0v) is 9.53. The lowest BCUT2D eigenvalue weighted by Gasteiger charge is -2.00. The summed E-state index contributed by atoms with van der Waals surface area (Å²) in [6, 6.07) is 0. The van der Waals surface area contributed by atoms with E-state index >= 15 is 0 Å². The Hall–Kier alpha value is -1.00. The molecule has 0 aromatic carbocycles. The molecule has 15 heavy (non-hydrogen) atoms. The van der Waals surface area contributed by atoms with Crippen LogP contribution in [0, 0.1) is 0 Å². The summed E-state index contributed by atoms with van der Waals surface area (Å²) in [5.41, 5.74) is 0. The minimum Gasteiger partial charge on any atom is -0.481 e. The molecule has 7 heteroatoms. The summed E-state index contributed by atoms with van der Waals surface area (Å²) >= 11 is 0. The molecular weight excluding hydrogens is 223 g/mol. The molecule has 1 heterocycles. The van der Waals surface area contributed by atoms with Crippen molar-refractivity contribution in [2.24, 2.45) is 0 Å². The molecule has 86 valence electrons. The van der Waals surface area contributed by atoms with Crippen molar-refractivity contribution in [3.63, 3.8) is 0 Å². The molecule has 1 aliphatic rings. The first kappa shape index (κ1) is 14.0. The van der Waals surface area contributed by atoms with E-state index in [0.29, 0.717) is 0 Å². The van der Waals surface area contributed by atoms with Gasteiger partial charge in [-0.15, -0.1) is 0 Å². The molecule has 0 bridgehead atoms. The standard InChI is InChI=1S/C6H9O5P.C2H4O/c1-4(12(2)10)11-6(9)3-5(7)8;1-2-3-1/h4H,3H2,1-2H3;1-2H2/p+1. The van der Waals surface area contributed by atoms with Gasteiger partial charge in [-0.1, -0.05) is 4.57 Å². The Bertz CT molecular complexity index is 247. The Morgan fingerprint density at radius 1 is 1.53 bits per heavy atom. The number of rotatable bonds is 4. The number of aliphatic carboxylic acids is 1. The van der Waals surface area contributed by atoms with E-state index in [-0.39, 0.29) is 0 Å². The van der Waals surface area contributed by atoms with Crippen LogP contribution < -0.4 is 0 Å². The summed E-state index contributed by atoms with van der Waals surface area (Å²) in [6.07, 6.45) is -0.687. The van der Waals surface area contributed by atoms with Crippen molar-refractivity contribution < 1.29 is 28.7 Å². The van der Waals surface area contributed by atoms with Crippen molar-refractivity contribution >= 4 is 19.7 Å².